The van der Waals surface area contributed by atoms with Crippen molar-refractivity contribution in [3.63, 3.8) is 0 Å². The predicted octanol–water partition coefficient (Wildman–Crippen LogP) is 8.14. The van der Waals surface area contributed by atoms with Gasteiger partial charge in [-0.15, -0.1) is 0 Å². The third-order valence-electron chi connectivity index (χ3n) is 6.32. The van der Waals surface area contributed by atoms with Crippen LogP contribution in [0.3, 0.4) is 0 Å². The van der Waals surface area contributed by atoms with Crippen molar-refractivity contribution in [2.45, 2.75) is 55.4 Å². The van der Waals surface area contributed by atoms with Gasteiger partial charge in [0.1, 0.15) is 5.75 Å². The first kappa shape index (κ1) is 34.2. The number of thioether (sulfide) groups is 1. The molecule has 0 aromatic heterocycles. The molecule has 0 saturated heterocycles. The first-order chi connectivity index (χ1) is 19.2. The molecule has 1 N–H and O–H groups in total. The lowest BCUT2D eigenvalue weighted by molar-refractivity contribution is -0.276. The number of nitrogens with one attached hydrogen (secondary N) is 1. The Morgan fingerprint density at radius 2 is 1.62 bits per heavy atom. The molecule has 1 amide bonds. The minimum Gasteiger partial charge on any atom is -0.615 e. The van der Waals surface area contributed by atoms with E-state index in [9.17, 15) is 48.9 Å². The summed E-state index contributed by atoms with van der Waals surface area (Å²) in [6.45, 7) is 4.88. The zero-order chi connectivity index (χ0) is 31.9. The minimum absolute atomic E-state index is 0.00995. The van der Waals surface area contributed by atoms with Gasteiger partial charge in [0, 0.05) is 24.5 Å². The van der Waals surface area contributed by atoms with Gasteiger partial charge < -0.3 is 14.7 Å². The van der Waals surface area contributed by atoms with Crippen LogP contribution < -0.4 is 5.32 Å². The number of oxime groups is 1. The molecular formula is C25H22ClF9N2O3S2. The van der Waals surface area contributed by atoms with E-state index in [1.165, 1.54) is 19.1 Å². The van der Waals surface area contributed by atoms with Crippen molar-refractivity contribution in [1.82, 2.24) is 0 Å². The predicted molar refractivity (Wildman–Crippen MR) is 142 cm³/mol. The van der Waals surface area contributed by atoms with E-state index < -0.39 is 74.1 Å². The lowest BCUT2D eigenvalue weighted by Crippen LogP contribution is -2.45. The number of rotatable bonds is 8. The fraction of sp³-hybridized carbons (Fsp3) is 0.440. The molecular weight excluding hydrogens is 647 g/mol. The summed E-state index contributed by atoms with van der Waals surface area (Å²) >= 11 is 5.81. The van der Waals surface area contributed by atoms with Crippen molar-refractivity contribution in [2.75, 3.05) is 16.8 Å². The second-order valence-electron chi connectivity index (χ2n) is 9.09. The van der Waals surface area contributed by atoms with Crippen molar-refractivity contribution >= 4 is 51.8 Å². The summed E-state index contributed by atoms with van der Waals surface area (Å²) in [7, 11) is 0. The van der Waals surface area contributed by atoms with E-state index in [0.29, 0.717) is 5.75 Å². The van der Waals surface area contributed by atoms with Gasteiger partial charge in [0.25, 0.3) is 11.5 Å². The molecule has 1 heterocycles. The number of amides is 1. The highest BCUT2D eigenvalue weighted by atomic mass is 35.5. The Morgan fingerprint density at radius 1 is 1.05 bits per heavy atom. The van der Waals surface area contributed by atoms with E-state index in [0.717, 1.165) is 17.8 Å². The van der Waals surface area contributed by atoms with Crippen molar-refractivity contribution in [3.05, 3.63) is 63.7 Å². The number of carbonyl (C=O) groups excluding carboxylic acids is 1. The van der Waals surface area contributed by atoms with Crippen LogP contribution in [-0.2, 0) is 38.8 Å². The Labute approximate surface area is 246 Å². The van der Waals surface area contributed by atoms with Crippen LogP contribution in [0.15, 0.2) is 41.6 Å². The van der Waals surface area contributed by atoms with Gasteiger partial charge in [-0.2, -0.15) is 39.5 Å². The Bertz CT molecular complexity index is 1340. The zero-order valence-corrected chi connectivity index (χ0v) is 24.2. The maximum absolute atomic E-state index is 14.3. The molecule has 0 fully saturated rings. The monoisotopic (exact) mass is 668 g/mol. The van der Waals surface area contributed by atoms with E-state index in [-0.39, 0.29) is 40.2 Å². The fourth-order valence-electron chi connectivity index (χ4n) is 4.06. The fourth-order valence-corrected chi connectivity index (χ4v) is 7.07. The van der Waals surface area contributed by atoms with Crippen molar-refractivity contribution in [2.24, 2.45) is 5.16 Å². The number of carbonyl (C=O) groups is 1. The van der Waals surface area contributed by atoms with Crippen LogP contribution in [0.4, 0.5) is 45.2 Å². The average molecular weight is 669 g/mol. The van der Waals surface area contributed by atoms with Gasteiger partial charge in [0.15, 0.2) is 0 Å². The van der Waals surface area contributed by atoms with Crippen LogP contribution in [0, 0.1) is 0 Å². The second-order valence-corrected chi connectivity index (χ2v) is 13.5. The lowest BCUT2D eigenvalue weighted by atomic mass is 9.84. The summed E-state index contributed by atoms with van der Waals surface area (Å²) in [5, 5.41) is 5.70. The van der Waals surface area contributed by atoms with Crippen LogP contribution in [0.5, 0.6) is 0 Å². The zero-order valence-electron chi connectivity index (χ0n) is 21.9. The summed E-state index contributed by atoms with van der Waals surface area (Å²) in [6.07, 6.45) is -17.6. The molecule has 0 radical (unpaired) electrons. The Morgan fingerprint density at radius 3 is 2.07 bits per heavy atom. The highest BCUT2D eigenvalue weighted by molar-refractivity contribution is 8.15. The molecule has 0 aliphatic carbocycles. The van der Waals surface area contributed by atoms with E-state index in [1.807, 2.05) is 0 Å². The van der Waals surface area contributed by atoms with Gasteiger partial charge in [0.05, 0.1) is 27.5 Å². The first-order valence-electron chi connectivity index (χ1n) is 11.9. The molecule has 3 atom stereocenters. The quantitative estimate of drug-likeness (QED) is 0.228. The van der Waals surface area contributed by atoms with Crippen LogP contribution in [0.2, 0.25) is 5.02 Å². The number of hydrogen-bond acceptors (Lipinski definition) is 5. The number of benzene rings is 2. The molecule has 232 valence electrons. The molecule has 17 heteroatoms. The number of anilines is 1. The van der Waals surface area contributed by atoms with E-state index in [2.05, 4.69) is 15.3 Å². The van der Waals surface area contributed by atoms with E-state index >= 15 is 0 Å². The van der Waals surface area contributed by atoms with Crippen LogP contribution in [0.25, 0.3) is 0 Å². The molecule has 0 saturated carbocycles. The summed E-state index contributed by atoms with van der Waals surface area (Å²) in [4.78, 5) is 17.6. The average Bonchev–Trinajstić information content (AvgIpc) is 3.35. The molecule has 1 aliphatic heterocycles. The molecule has 1 aliphatic rings. The van der Waals surface area contributed by atoms with Gasteiger partial charge in [-0.25, -0.2) is 0 Å². The lowest BCUT2D eigenvalue weighted by Gasteiger charge is -2.30. The first-order valence-corrected chi connectivity index (χ1v) is 14.6. The normalized spacial score (nSPS) is 20.0. The molecule has 3 rings (SSSR count). The number of alkyl halides is 9. The summed E-state index contributed by atoms with van der Waals surface area (Å²) in [6, 6.07) is 3.09. The van der Waals surface area contributed by atoms with Crippen molar-refractivity contribution < 1.29 is 53.7 Å². The molecule has 2 aromatic carbocycles. The molecule has 2 aromatic rings. The third-order valence-corrected chi connectivity index (χ3v) is 10.1. The Kier molecular flexibility index (Phi) is 9.77. The van der Waals surface area contributed by atoms with Gasteiger partial charge in [-0.05, 0) is 54.2 Å². The van der Waals surface area contributed by atoms with Crippen molar-refractivity contribution in [3.8, 4) is 0 Å². The van der Waals surface area contributed by atoms with Gasteiger partial charge in [-0.1, -0.05) is 41.5 Å². The van der Waals surface area contributed by atoms with Crippen molar-refractivity contribution in [1.29, 1.82) is 0 Å². The minimum atomic E-state index is -5.50. The Balaban J connectivity index is 1.99. The summed E-state index contributed by atoms with van der Waals surface area (Å²) in [5.41, 5.74) is -9.58. The van der Waals surface area contributed by atoms with Crippen LogP contribution in [-0.4, -0.2) is 37.9 Å². The number of nitrogens with zero attached hydrogens (tertiary/aromatic N) is 1. The highest BCUT2D eigenvalue weighted by Gasteiger charge is 2.63. The van der Waals surface area contributed by atoms with Gasteiger partial charge in [-0.3, -0.25) is 4.79 Å². The highest BCUT2D eigenvalue weighted by Crippen LogP contribution is 2.51. The molecule has 0 bridgehead atoms. The van der Waals surface area contributed by atoms with E-state index in [4.69, 9.17) is 11.6 Å². The smallest absolute Gasteiger partial charge is 0.435 e. The second kappa shape index (κ2) is 12.0. The largest absolute Gasteiger partial charge is 0.615 e. The van der Waals surface area contributed by atoms with Gasteiger partial charge >= 0.3 is 18.5 Å². The topological polar surface area (TPSA) is 73.8 Å². The number of hydrogen-bond donors (Lipinski definition) is 1. The third kappa shape index (κ3) is 6.76. The maximum atomic E-state index is 14.3. The standard InChI is InChI=1S/C25H22ClF9N2O3S2/c1-4-41-21(3,42(39)5-2)20(38)36-18-7-6-13(8-17(18)26)19-12-22(40-37-19,25(33,34)35)14-9-15(23(27,28)29)11-16(10-14)24(30,31)32/h6-11H,4-5,12H2,1-3H3,(H,36,38). The SMILES string of the molecule is CCSC(C)(C(=O)Nc1ccc(C2=NOC(c3cc(C(F)(F)F)cc(C(F)(F)F)c3)(C(F)(F)F)C2)cc1Cl)[S+]([O-])CC. The van der Waals surface area contributed by atoms with Gasteiger partial charge in [0.2, 0.25) is 4.08 Å². The summed E-state index contributed by atoms with van der Waals surface area (Å²) < 4.78 is 134. The maximum Gasteiger partial charge on any atom is 0.435 e. The molecule has 0 spiro atoms. The van der Waals surface area contributed by atoms with Crippen LogP contribution >= 0.6 is 23.4 Å². The summed E-state index contributed by atoms with van der Waals surface area (Å²) in [5.74, 6) is -0.00741. The van der Waals surface area contributed by atoms with Crippen LogP contribution in [0.1, 0.15) is 49.4 Å². The molecule has 42 heavy (non-hydrogen) atoms. The number of halogens is 10. The van der Waals surface area contributed by atoms with E-state index in [1.54, 1.807) is 13.8 Å². The Hall–Kier alpha value is -2.30. The molecule has 5 nitrogen and oxygen atoms in total. The molecule has 3 unspecified atom stereocenters.